The Hall–Kier alpha value is -0.610. The van der Waals surface area contributed by atoms with Crippen molar-refractivity contribution in [3.8, 4) is 5.75 Å². The summed E-state index contributed by atoms with van der Waals surface area (Å²) in [6.45, 7) is 0. The topological polar surface area (TPSA) is 37.3 Å². The van der Waals surface area contributed by atoms with Crippen molar-refractivity contribution in [2.75, 3.05) is 0 Å². The van der Waals surface area contributed by atoms with Gasteiger partial charge in [-0.2, -0.15) is 0 Å². The Kier molecular flexibility index (Phi) is 2.69. The molecule has 2 nitrogen and oxygen atoms in total. The zero-order valence-corrected chi connectivity index (χ0v) is 7.99. The fourth-order valence-electron chi connectivity index (χ4n) is 0.722. The molecule has 5 heteroatoms. The molecule has 0 radical (unpaired) electrons. The third kappa shape index (κ3) is 1.59. The SMILES string of the molecule is O=C(Cl)c1c(F)ccc(O)c1Br. The smallest absolute Gasteiger partial charge is 0.256 e. The minimum Gasteiger partial charge on any atom is -0.507 e. The lowest BCUT2D eigenvalue weighted by atomic mass is 10.2. The first-order valence-electron chi connectivity index (χ1n) is 2.91. The minimum atomic E-state index is -0.949. The van der Waals surface area contributed by atoms with E-state index in [2.05, 4.69) is 15.9 Å². The van der Waals surface area contributed by atoms with Gasteiger partial charge in [0.1, 0.15) is 11.6 Å². The Balaban J connectivity index is 3.43. The van der Waals surface area contributed by atoms with Crippen LogP contribution >= 0.6 is 27.5 Å². The molecule has 1 aromatic rings. The number of carbonyl (C=O) groups excluding carboxylic acids is 1. The predicted molar refractivity (Wildman–Crippen MR) is 45.9 cm³/mol. The van der Waals surface area contributed by atoms with Gasteiger partial charge in [0.2, 0.25) is 0 Å². The van der Waals surface area contributed by atoms with Crippen LogP contribution in [0, 0.1) is 5.82 Å². The largest absolute Gasteiger partial charge is 0.507 e. The van der Waals surface area contributed by atoms with Crippen LogP contribution in [-0.4, -0.2) is 10.3 Å². The number of aromatic hydroxyl groups is 1. The molecule has 1 rings (SSSR count). The van der Waals surface area contributed by atoms with Crippen molar-refractivity contribution in [1.82, 2.24) is 0 Å². The molecule has 0 saturated heterocycles. The van der Waals surface area contributed by atoms with Gasteiger partial charge >= 0.3 is 0 Å². The van der Waals surface area contributed by atoms with E-state index >= 15 is 0 Å². The zero-order valence-electron chi connectivity index (χ0n) is 5.64. The van der Waals surface area contributed by atoms with E-state index in [4.69, 9.17) is 16.7 Å². The summed E-state index contributed by atoms with van der Waals surface area (Å²) in [5.74, 6) is -0.986. The van der Waals surface area contributed by atoms with Crippen LogP contribution in [0.4, 0.5) is 4.39 Å². The molecule has 0 aliphatic rings. The van der Waals surface area contributed by atoms with Gasteiger partial charge in [0.05, 0.1) is 10.0 Å². The van der Waals surface area contributed by atoms with Crippen LogP contribution in [0.2, 0.25) is 0 Å². The van der Waals surface area contributed by atoms with E-state index in [1.54, 1.807) is 0 Å². The van der Waals surface area contributed by atoms with Gasteiger partial charge < -0.3 is 5.11 Å². The zero-order chi connectivity index (χ0) is 9.30. The van der Waals surface area contributed by atoms with Crippen molar-refractivity contribution in [3.63, 3.8) is 0 Å². The van der Waals surface area contributed by atoms with Crippen molar-refractivity contribution in [2.45, 2.75) is 0 Å². The lowest BCUT2D eigenvalue weighted by molar-refractivity contribution is 0.107. The van der Waals surface area contributed by atoms with Crippen LogP contribution in [0.3, 0.4) is 0 Å². The molecular formula is C7H3BrClFO2. The normalized spacial score (nSPS) is 9.92. The maximum Gasteiger partial charge on any atom is 0.256 e. The van der Waals surface area contributed by atoms with Crippen molar-refractivity contribution in [3.05, 3.63) is 28.0 Å². The van der Waals surface area contributed by atoms with Crippen LogP contribution in [0.25, 0.3) is 0 Å². The molecule has 1 aromatic carbocycles. The molecule has 64 valence electrons. The summed E-state index contributed by atoms with van der Waals surface area (Å²) in [4.78, 5) is 10.6. The van der Waals surface area contributed by atoms with Gasteiger partial charge in [0.25, 0.3) is 5.24 Å². The van der Waals surface area contributed by atoms with Crippen LogP contribution in [0.5, 0.6) is 5.75 Å². The Morgan fingerprint density at radius 3 is 2.58 bits per heavy atom. The summed E-state index contributed by atoms with van der Waals surface area (Å²) in [6, 6.07) is 2.10. The Morgan fingerprint density at radius 2 is 2.17 bits per heavy atom. The van der Waals surface area contributed by atoms with E-state index in [-0.39, 0.29) is 15.8 Å². The molecule has 0 heterocycles. The number of halogens is 3. The number of phenolic OH excluding ortho intramolecular Hbond substituents is 1. The first kappa shape index (κ1) is 9.48. The van der Waals surface area contributed by atoms with E-state index in [0.717, 1.165) is 12.1 Å². The predicted octanol–water partition coefficient (Wildman–Crippen LogP) is 2.67. The highest BCUT2D eigenvalue weighted by atomic mass is 79.9. The van der Waals surface area contributed by atoms with Crippen LogP contribution in [0.1, 0.15) is 10.4 Å². The molecule has 0 amide bonds. The molecule has 0 aromatic heterocycles. The number of phenols is 1. The molecule has 0 spiro atoms. The Morgan fingerprint density at radius 1 is 1.58 bits per heavy atom. The number of carbonyl (C=O) groups is 1. The van der Waals surface area contributed by atoms with E-state index < -0.39 is 11.1 Å². The Labute approximate surface area is 81.1 Å². The maximum atomic E-state index is 12.8. The average Bonchev–Trinajstić information content (AvgIpc) is 1.97. The number of hydrogen-bond donors (Lipinski definition) is 1. The van der Waals surface area contributed by atoms with Crippen LogP contribution in [-0.2, 0) is 0 Å². The highest BCUT2D eigenvalue weighted by Gasteiger charge is 2.16. The van der Waals surface area contributed by atoms with Gasteiger partial charge in [0.15, 0.2) is 0 Å². The minimum absolute atomic E-state index is 0.0255. The third-order valence-corrected chi connectivity index (χ3v) is 2.26. The quantitative estimate of drug-likeness (QED) is 0.781. The molecular weight excluding hydrogens is 250 g/mol. The Bertz CT molecular complexity index is 340. The third-order valence-electron chi connectivity index (χ3n) is 1.27. The monoisotopic (exact) mass is 252 g/mol. The average molecular weight is 253 g/mol. The molecule has 0 aliphatic heterocycles. The van der Waals surface area contributed by atoms with Gasteiger partial charge in [-0.15, -0.1) is 0 Å². The van der Waals surface area contributed by atoms with Crippen LogP contribution < -0.4 is 0 Å². The summed E-state index contributed by atoms with van der Waals surface area (Å²) < 4.78 is 12.8. The summed E-state index contributed by atoms with van der Waals surface area (Å²) in [5.41, 5.74) is -0.350. The fourth-order valence-corrected chi connectivity index (χ4v) is 1.52. The molecule has 0 saturated carbocycles. The molecule has 1 N–H and O–H groups in total. The summed E-state index contributed by atoms with van der Waals surface area (Å²) >= 11 is 7.90. The molecule has 0 aliphatic carbocycles. The highest BCUT2D eigenvalue weighted by Crippen LogP contribution is 2.30. The number of hydrogen-bond acceptors (Lipinski definition) is 2. The van der Waals surface area contributed by atoms with Gasteiger partial charge in [0, 0.05) is 0 Å². The van der Waals surface area contributed by atoms with Crippen molar-refractivity contribution < 1.29 is 14.3 Å². The van der Waals surface area contributed by atoms with Crippen molar-refractivity contribution in [2.24, 2.45) is 0 Å². The lowest BCUT2D eigenvalue weighted by Crippen LogP contribution is -1.95. The van der Waals surface area contributed by atoms with E-state index in [9.17, 15) is 9.18 Å². The summed E-state index contributed by atoms with van der Waals surface area (Å²) in [7, 11) is 0. The molecule has 0 fully saturated rings. The fraction of sp³-hybridized carbons (Fsp3) is 0. The molecule has 0 atom stereocenters. The van der Waals surface area contributed by atoms with Gasteiger partial charge in [-0.25, -0.2) is 4.39 Å². The van der Waals surface area contributed by atoms with Gasteiger partial charge in [-0.1, -0.05) is 0 Å². The van der Waals surface area contributed by atoms with E-state index in [1.165, 1.54) is 0 Å². The summed E-state index contributed by atoms with van der Waals surface area (Å²) in [5, 5.41) is 8.10. The molecule has 12 heavy (non-hydrogen) atoms. The van der Waals surface area contributed by atoms with E-state index in [1.807, 2.05) is 0 Å². The summed E-state index contributed by atoms with van der Waals surface area (Å²) in [6.07, 6.45) is 0. The van der Waals surface area contributed by atoms with Gasteiger partial charge in [-0.3, -0.25) is 4.79 Å². The van der Waals surface area contributed by atoms with Crippen molar-refractivity contribution >= 4 is 32.8 Å². The highest BCUT2D eigenvalue weighted by molar-refractivity contribution is 9.10. The van der Waals surface area contributed by atoms with Crippen LogP contribution in [0.15, 0.2) is 16.6 Å². The van der Waals surface area contributed by atoms with Crippen molar-refractivity contribution in [1.29, 1.82) is 0 Å². The second-order valence-electron chi connectivity index (χ2n) is 2.03. The first-order chi connectivity index (χ1) is 5.54. The molecule has 0 unspecified atom stereocenters. The second kappa shape index (κ2) is 3.41. The second-order valence-corrected chi connectivity index (χ2v) is 3.17. The van der Waals surface area contributed by atoms with Gasteiger partial charge in [-0.05, 0) is 39.7 Å². The first-order valence-corrected chi connectivity index (χ1v) is 4.08. The number of benzene rings is 1. The lowest BCUT2D eigenvalue weighted by Gasteiger charge is -2.01. The molecule has 0 bridgehead atoms. The van der Waals surface area contributed by atoms with E-state index in [0.29, 0.717) is 0 Å². The maximum absolute atomic E-state index is 12.8. The number of rotatable bonds is 1. The standard InChI is InChI=1S/C7H3BrClFO2/c8-6-4(11)2-1-3(10)5(6)7(9)12/h1-2,11H.